The van der Waals surface area contributed by atoms with Crippen molar-refractivity contribution in [1.82, 2.24) is 34.8 Å². The average molecular weight is 354 g/mol. The topological polar surface area (TPSA) is 105 Å². The second-order valence-corrected chi connectivity index (χ2v) is 6.53. The van der Waals surface area contributed by atoms with Crippen LogP contribution in [-0.4, -0.2) is 55.0 Å². The van der Waals surface area contributed by atoms with Gasteiger partial charge in [-0.25, -0.2) is 19.9 Å². The molecule has 0 radical (unpaired) electrons. The molecule has 4 rings (SSSR count). The lowest BCUT2D eigenvalue weighted by atomic mass is 9.97. The second kappa shape index (κ2) is 7.51. The highest BCUT2D eigenvalue weighted by Crippen LogP contribution is 2.25. The van der Waals surface area contributed by atoms with Crippen LogP contribution in [0.3, 0.4) is 0 Å². The Morgan fingerprint density at radius 1 is 1.35 bits per heavy atom. The molecule has 3 aromatic rings. The molecule has 9 heteroatoms. The minimum atomic E-state index is -0.0232. The number of fused-ring (bicyclic) bond motifs is 1. The zero-order valence-electron chi connectivity index (χ0n) is 14.5. The first-order valence-electron chi connectivity index (χ1n) is 8.94. The highest BCUT2D eigenvalue weighted by atomic mass is 16.1. The molecule has 3 aromatic heterocycles. The van der Waals surface area contributed by atoms with Crippen LogP contribution in [-0.2, 0) is 11.3 Å². The van der Waals surface area contributed by atoms with Crippen LogP contribution in [0, 0.1) is 5.92 Å². The fourth-order valence-corrected chi connectivity index (χ4v) is 3.41. The molecule has 1 aliphatic rings. The lowest BCUT2D eigenvalue weighted by molar-refractivity contribution is -0.125. The molecule has 0 saturated carbocycles. The van der Waals surface area contributed by atoms with E-state index in [1.807, 2.05) is 10.8 Å². The number of rotatable bonds is 6. The van der Waals surface area contributed by atoms with E-state index in [-0.39, 0.29) is 11.8 Å². The molecule has 0 spiro atoms. The standard InChI is InChI=1S/C17H22N8O/c26-17(19-4-2-6-24-8-5-18-12-24)13-3-1-7-25(9-13)16-14-15(21-10-20-14)22-11-23-16/h5,8,10-13H,1-4,6-7,9H2,(H,19,26)(H,20,21,22,23)/t13-/m1/s1. The first kappa shape index (κ1) is 16.5. The van der Waals surface area contributed by atoms with Gasteiger partial charge in [0.2, 0.25) is 5.91 Å². The Balaban J connectivity index is 1.33. The maximum absolute atomic E-state index is 12.5. The van der Waals surface area contributed by atoms with Gasteiger partial charge in [-0.1, -0.05) is 0 Å². The third-order valence-corrected chi connectivity index (χ3v) is 4.75. The number of carbonyl (C=O) groups is 1. The van der Waals surface area contributed by atoms with Gasteiger partial charge in [0.25, 0.3) is 0 Å². The van der Waals surface area contributed by atoms with Gasteiger partial charge >= 0.3 is 0 Å². The number of aryl methyl sites for hydroxylation is 1. The molecule has 0 aliphatic carbocycles. The van der Waals surface area contributed by atoms with Gasteiger partial charge in [-0.2, -0.15) is 0 Å². The minimum absolute atomic E-state index is 0.0232. The van der Waals surface area contributed by atoms with Crippen molar-refractivity contribution < 1.29 is 4.79 Å². The summed E-state index contributed by atoms with van der Waals surface area (Å²) in [6.45, 7) is 3.08. The first-order chi connectivity index (χ1) is 12.8. The Morgan fingerprint density at radius 2 is 2.31 bits per heavy atom. The number of nitrogens with one attached hydrogen (secondary N) is 2. The summed E-state index contributed by atoms with van der Waals surface area (Å²) in [7, 11) is 0. The van der Waals surface area contributed by atoms with Gasteiger partial charge < -0.3 is 19.8 Å². The van der Waals surface area contributed by atoms with E-state index in [2.05, 4.69) is 35.1 Å². The molecule has 0 aromatic carbocycles. The van der Waals surface area contributed by atoms with Gasteiger partial charge in [0.15, 0.2) is 11.5 Å². The number of hydrogen-bond donors (Lipinski definition) is 2. The lowest BCUT2D eigenvalue weighted by Crippen LogP contribution is -2.43. The number of imidazole rings is 2. The zero-order chi connectivity index (χ0) is 17.8. The number of piperidine rings is 1. The number of H-pyrrole nitrogens is 1. The Hall–Kier alpha value is -2.97. The summed E-state index contributed by atoms with van der Waals surface area (Å²) in [5, 5.41) is 3.07. The van der Waals surface area contributed by atoms with Crippen LogP contribution >= 0.6 is 0 Å². The van der Waals surface area contributed by atoms with Crippen molar-refractivity contribution in [3.8, 4) is 0 Å². The predicted octanol–water partition coefficient (Wildman–Crippen LogP) is 0.972. The van der Waals surface area contributed by atoms with Gasteiger partial charge in [-0.15, -0.1) is 0 Å². The van der Waals surface area contributed by atoms with E-state index < -0.39 is 0 Å². The molecule has 136 valence electrons. The number of aromatic nitrogens is 6. The molecule has 2 N–H and O–H groups in total. The van der Waals surface area contributed by atoms with Crippen LogP contribution in [0.1, 0.15) is 19.3 Å². The molecule has 0 bridgehead atoms. The summed E-state index contributed by atoms with van der Waals surface area (Å²) in [4.78, 5) is 34.6. The van der Waals surface area contributed by atoms with E-state index in [0.717, 1.165) is 43.7 Å². The molecular formula is C17H22N8O. The SMILES string of the molecule is O=C(NCCCn1ccnc1)[C@@H]1CCCN(c2ncnc3nc[nH]c23)C1. The summed E-state index contributed by atoms with van der Waals surface area (Å²) in [6, 6.07) is 0. The first-order valence-corrected chi connectivity index (χ1v) is 8.94. The van der Waals surface area contributed by atoms with Gasteiger partial charge in [0, 0.05) is 38.6 Å². The molecular weight excluding hydrogens is 332 g/mol. The molecule has 1 fully saturated rings. The third-order valence-electron chi connectivity index (χ3n) is 4.75. The molecule has 4 heterocycles. The average Bonchev–Trinajstić information content (AvgIpc) is 3.36. The van der Waals surface area contributed by atoms with E-state index in [9.17, 15) is 4.79 Å². The van der Waals surface area contributed by atoms with E-state index in [1.165, 1.54) is 6.33 Å². The van der Waals surface area contributed by atoms with Crippen LogP contribution in [0.5, 0.6) is 0 Å². The largest absolute Gasteiger partial charge is 0.356 e. The molecule has 0 unspecified atom stereocenters. The third kappa shape index (κ3) is 3.51. The van der Waals surface area contributed by atoms with E-state index >= 15 is 0 Å². The molecule has 26 heavy (non-hydrogen) atoms. The van der Waals surface area contributed by atoms with E-state index in [0.29, 0.717) is 18.7 Å². The van der Waals surface area contributed by atoms with Crippen molar-refractivity contribution in [1.29, 1.82) is 0 Å². The van der Waals surface area contributed by atoms with Crippen LogP contribution in [0.2, 0.25) is 0 Å². The second-order valence-electron chi connectivity index (χ2n) is 6.53. The normalized spacial score (nSPS) is 17.5. The molecule has 1 saturated heterocycles. The number of carbonyl (C=O) groups excluding carboxylic acids is 1. The van der Waals surface area contributed by atoms with Crippen molar-refractivity contribution in [3.05, 3.63) is 31.4 Å². The number of hydrogen-bond acceptors (Lipinski definition) is 6. The van der Waals surface area contributed by atoms with Crippen molar-refractivity contribution in [2.24, 2.45) is 5.92 Å². The smallest absolute Gasteiger partial charge is 0.224 e. The Morgan fingerprint density at radius 3 is 3.19 bits per heavy atom. The number of amides is 1. The lowest BCUT2D eigenvalue weighted by Gasteiger charge is -2.32. The molecule has 1 aliphatic heterocycles. The maximum Gasteiger partial charge on any atom is 0.224 e. The van der Waals surface area contributed by atoms with Crippen LogP contribution in [0.25, 0.3) is 11.2 Å². The summed E-state index contributed by atoms with van der Waals surface area (Å²) in [5.41, 5.74) is 1.48. The molecule has 1 atom stereocenters. The molecule has 9 nitrogen and oxygen atoms in total. The predicted molar refractivity (Wildman–Crippen MR) is 96.5 cm³/mol. The van der Waals surface area contributed by atoms with Gasteiger partial charge in [-0.05, 0) is 19.3 Å². The van der Waals surface area contributed by atoms with Gasteiger partial charge in [0.1, 0.15) is 11.8 Å². The highest BCUT2D eigenvalue weighted by molar-refractivity contribution is 5.84. The quantitative estimate of drug-likeness (QED) is 0.639. The Kier molecular flexibility index (Phi) is 4.76. The fourth-order valence-electron chi connectivity index (χ4n) is 3.41. The maximum atomic E-state index is 12.5. The zero-order valence-corrected chi connectivity index (χ0v) is 14.5. The summed E-state index contributed by atoms with van der Waals surface area (Å²) < 4.78 is 2.01. The van der Waals surface area contributed by atoms with Crippen molar-refractivity contribution in [2.75, 3.05) is 24.5 Å². The Labute approximate surface area is 150 Å². The van der Waals surface area contributed by atoms with Gasteiger partial charge in [0.05, 0.1) is 18.6 Å². The summed E-state index contributed by atoms with van der Waals surface area (Å²) >= 11 is 0. The van der Waals surface area contributed by atoms with Crippen LogP contribution < -0.4 is 10.2 Å². The highest BCUT2D eigenvalue weighted by Gasteiger charge is 2.27. The summed E-state index contributed by atoms with van der Waals surface area (Å²) in [6.07, 6.45) is 11.4. The number of aromatic amines is 1. The summed E-state index contributed by atoms with van der Waals surface area (Å²) in [5.74, 6) is 0.922. The van der Waals surface area contributed by atoms with E-state index in [1.54, 1.807) is 18.9 Å². The number of nitrogens with zero attached hydrogens (tertiary/aromatic N) is 6. The van der Waals surface area contributed by atoms with Gasteiger partial charge in [-0.3, -0.25) is 4.79 Å². The Bertz CT molecular complexity index is 859. The van der Waals surface area contributed by atoms with Crippen molar-refractivity contribution in [2.45, 2.75) is 25.8 Å². The van der Waals surface area contributed by atoms with Crippen LogP contribution in [0.15, 0.2) is 31.4 Å². The minimum Gasteiger partial charge on any atom is -0.356 e. The van der Waals surface area contributed by atoms with Crippen molar-refractivity contribution >= 4 is 22.9 Å². The van der Waals surface area contributed by atoms with Crippen LogP contribution in [0.4, 0.5) is 5.82 Å². The fraction of sp³-hybridized carbons (Fsp3) is 0.471. The monoisotopic (exact) mass is 354 g/mol. The number of anilines is 1. The molecule has 1 amide bonds. The van der Waals surface area contributed by atoms with E-state index in [4.69, 9.17) is 0 Å². The van der Waals surface area contributed by atoms with Crippen molar-refractivity contribution in [3.63, 3.8) is 0 Å².